The highest BCUT2D eigenvalue weighted by atomic mass is 32.1. The summed E-state index contributed by atoms with van der Waals surface area (Å²) in [5, 5.41) is 1.08. The number of pyridine rings is 1. The van der Waals surface area contributed by atoms with Crippen molar-refractivity contribution in [3.8, 4) is 0 Å². The van der Waals surface area contributed by atoms with Crippen molar-refractivity contribution in [3.63, 3.8) is 0 Å². The van der Waals surface area contributed by atoms with Crippen LogP contribution in [0.3, 0.4) is 0 Å². The fourth-order valence-electron chi connectivity index (χ4n) is 2.50. The van der Waals surface area contributed by atoms with Crippen LogP contribution in [0.5, 0.6) is 0 Å². The molecule has 1 heterocycles. The molecule has 3 rings (SSSR count). The number of nitrogens with zero attached hydrogens (tertiary/aromatic N) is 2. The van der Waals surface area contributed by atoms with Gasteiger partial charge < -0.3 is 10.6 Å². The summed E-state index contributed by atoms with van der Waals surface area (Å²) in [5.74, 6) is 0.913. The molecule has 0 bridgehead atoms. The summed E-state index contributed by atoms with van der Waals surface area (Å²) >= 11 is 5.18. The lowest BCUT2D eigenvalue weighted by Gasteiger charge is -2.36. The second kappa shape index (κ2) is 4.78. The van der Waals surface area contributed by atoms with Gasteiger partial charge >= 0.3 is 0 Å². The van der Waals surface area contributed by atoms with E-state index in [2.05, 4.69) is 18.0 Å². The molecule has 0 amide bonds. The highest BCUT2D eigenvalue weighted by Gasteiger charge is 2.25. The van der Waals surface area contributed by atoms with E-state index in [0.717, 1.165) is 22.3 Å². The second-order valence-corrected chi connectivity index (χ2v) is 5.55. The van der Waals surface area contributed by atoms with Crippen LogP contribution in [-0.4, -0.2) is 23.1 Å². The molecule has 4 heteroatoms. The molecule has 1 aliphatic rings. The van der Waals surface area contributed by atoms with Crippen molar-refractivity contribution >= 4 is 33.9 Å². The van der Waals surface area contributed by atoms with Crippen LogP contribution in [0.25, 0.3) is 10.9 Å². The fourth-order valence-corrected chi connectivity index (χ4v) is 2.65. The number of hydrogen-bond acceptors (Lipinski definition) is 3. The first-order chi connectivity index (χ1) is 9.16. The summed E-state index contributed by atoms with van der Waals surface area (Å²) in [6.45, 7) is 0. The number of rotatable bonds is 3. The van der Waals surface area contributed by atoms with Gasteiger partial charge in [0.1, 0.15) is 10.8 Å². The average molecular weight is 271 g/mol. The number of para-hydroxylation sites is 1. The standard InChI is InChI=1S/C15H17N3S/c1-18(11-6-4-7-11)15-12(14(16)19)9-10-5-2-3-8-13(10)17-15/h2-3,5,8-9,11H,4,6-7H2,1H3,(H2,16,19). The van der Waals surface area contributed by atoms with Gasteiger partial charge in [-0.15, -0.1) is 0 Å². The van der Waals surface area contributed by atoms with Gasteiger partial charge in [0.05, 0.1) is 11.1 Å². The first-order valence-electron chi connectivity index (χ1n) is 6.59. The molecule has 19 heavy (non-hydrogen) atoms. The Labute approximate surface area is 118 Å². The van der Waals surface area contributed by atoms with Gasteiger partial charge in [0, 0.05) is 18.5 Å². The molecule has 0 radical (unpaired) electrons. The van der Waals surface area contributed by atoms with Gasteiger partial charge in [-0.05, 0) is 31.4 Å². The summed E-state index contributed by atoms with van der Waals surface area (Å²) in [5.41, 5.74) is 7.74. The predicted molar refractivity (Wildman–Crippen MR) is 83.7 cm³/mol. The normalized spacial score (nSPS) is 15.2. The second-order valence-electron chi connectivity index (χ2n) is 5.11. The van der Waals surface area contributed by atoms with Crippen LogP contribution >= 0.6 is 12.2 Å². The van der Waals surface area contributed by atoms with Gasteiger partial charge in [-0.1, -0.05) is 30.4 Å². The summed E-state index contributed by atoms with van der Waals surface area (Å²) in [7, 11) is 2.09. The third-order valence-electron chi connectivity index (χ3n) is 3.93. The lowest BCUT2D eigenvalue weighted by molar-refractivity contribution is 0.399. The summed E-state index contributed by atoms with van der Waals surface area (Å²) in [4.78, 5) is 7.40. The maximum Gasteiger partial charge on any atom is 0.139 e. The molecule has 2 aromatic rings. The molecule has 0 aliphatic heterocycles. The van der Waals surface area contributed by atoms with E-state index in [-0.39, 0.29) is 0 Å². The summed E-state index contributed by atoms with van der Waals surface area (Å²) < 4.78 is 0. The van der Waals surface area contributed by atoms with Gasteiger partial charge in [0.15, 0.2) is 0 Å². The Bertz CT molecular complexity index is 634. The van der Waals surface area contributed by atoms with E-state index in [1.54, 1.807) is 0 Å². The Morgan fingerprint density at radius 3 is 2.74 bits per heavy atom. The summed E-state index contributed by atoms with van der Waals surface area (Å²) in [6.07, 6.45) is 3.74. The summed E-state index contributed by atoms with van der Waals surface area (Å²) in [6, 6.07) is 10.7. The van der Waals surface area contributed by atoms with Crippen molar-refractivity contribution in [2.24, 2.45) is 5.73 Å². The number of anilines is 1. The van der Waals surface area contributed by atoms with Gasteiger partial charge in [-0.25, -0.2) is 4.98 Å². The maximum absolute atomic E-state index is 5.87. The van der Waals surface area contributed by atoms with E-state index >= 15 is 0 Å². The van der Waals surface area contributed by atoms with E-state index in [9.17, 15) is 0 Å². The molecular formula is C15H17N3S. The first-order valence-corrected chi connectivity index (χ1v) is 7.00. The van der Waals surface area contributed by atoms with E-state index in [4.69, 9.17) is 22.9 Å². The third kappa shape index (κ3) is 2.16. The van der Waals surface area contributed by atoms with Crippen LogP contribution in [0, 0.1) is 0 Å². The lowest BCUT2D eigenvalue weighted by atomic mass is 9.91. The van der Waals surface area contributed by atoms with Crippen molar-refractivity contribution in [2.75, 3.05) is 11.9 Å². The first kappa shape index (κ1) is 12.4. The van der Waals surface area contributed by atoms with Crippen molar-refractivity contribution in [3.05, 3.63) is 35.9 Å². The monoisotopic (exact) mass is 271 g/mol. The van der Waals surface area contributed by atoms with Crippen LogP contribution in [0.1, 0.15) is 24.8 Å². The molecule has 1 aliphatic carbocycles. The molecule has 1 aromatic carbocycles. The smallest absolute Gasteiger partial charge is 0.139 e. The number of nitrogens with two attached hydrogens (primary N) is 1. The Morgan fingerprint density at radius 1 is 1.37 bits per heavy atom. The minimum atomic E-state index is 0.416. The highest BCUT2D eigenvalue weighted by molar-refractivity contribution is 7.80. The number of benzene rings is 1. The van der Waals surface area contributed by atoms with Crippen molar-refractivity contribution in [1.29, 1.82) is 0 Å². The van der Waals surface area contributed by atoms with E-state index in [1.807, 2.05) is 24.3 Å². The van der Waals surface area contributed by atoms with Gasteiger partial charge in [-0.2, -0.15) is 0 Å². The molecule has 0 atom stereocenters. The van der Waals surface area contributed by atoms with E-state index in [1.165, 1.54) is 19.3 Å². The van der Waals surface area contributed by atoms with Crippen LogP contribution in [0.4, 0.5) is 5.82 Å². The van der Waals surface area contributed by atoms with Gasteiger partial charge in [0.25, 0.3) is 0 Å². The van der Waals surface area contributed by atoms with Gasteiger partial charge in [0.2, 0.25) is 0 Å². The zero-order valence-electron chi connectivity index (χ0n) is 11.0. The van der Waals surface area contributed by atoms with Crippen LogP contribution in [0.2, 0.25) is 0 Å². The van der Waals surface area contributed by atoms with E-state index in [0.29, 0.717) is 11.0 Å². The molecule has 2 N–H and O–H groups in total. The number of fused-ring (bicyclic) bond motifs is 1. The average Bonchev–Trinajstić information content (AvgIpc) is 2.35. The molecule has 1 aromatic heterocycles. The molecule has 98 valence electrons. The molecule has 0 saturated heterocycles. The molecule has 3 nitrogen and oxygen atoms in total. The Morgan fingerprint density at radius 2 is 2.11 bits per heavy atom. The Kier molecular flexibility index (Phi) is 3.11. The van der Waals surface area contributed by atoms with E-state index < -0.39 is 0 Å². The lowest BCUT2D eigenvalue weighted by Crippen LogP contribution is -2.38. The topological polar surface area (TPSA) is 42.2 Å². The van der Waals surface area contributed by atoms with Crippen LogP contribution in [-0.2, 0) is 0 Å². The maximum atomic E-state index is 5.87. The minimum absolute atomic E-state index is 0.416. The third-order valence-corrected chi connectivity index (χ3v) is 4.15. The Balaban J connectivity index is 2.14. The predicted octanol–water partition coefficient (Wildman–Crippen LogP) is 2.86. The van der Waals surface area contributed by atoms with Crippen molar-refractivity contribution in [2.45, 2.75) is 25.3 Å². The molecule has 0 spiro atoms. The fraction of sp³-hybridized carbons (Fsp3) is 0.333. The van der Waals surface area contributed by atoms with Crippen LogP contribution < -0.4 is 10.6 Å². The minimum Gasteiger partial charge on any atom is -0.389 e. The Hall–Kier alpha value is -1.68. The zero-order valence-corrected chi connectivity index (χ0v) is 11.8. The van der Waals surface area contributed by atoms with Crippen molar-refractivity contribution in [1.82, 2.24) is 4.98 Å². The SMILES string of the molecule is CN(c1nc2ccccc2cc1C(N)=S)C1CCC1. The van der Waals surface area contributed by atoms with Gasteiger partial charge in [-0.3, -0.25) is 0 Å². The molecule has 1 fully saturated rings. The number of hydrogen-bond donors (Lipinski definition) is 1. The zero-order chi connectivity index (χ0) is 13.4. The number of thiocarbonyl (C=S) groups is 1. The highest BCUT2D eigenvalue weighted by Crippen LogP contribution is 2.30. The largest absolute Gasteiger partial charge is 0.389 e. The molecule has 1 saturated carbocycles. The molecule has 0 unspecified atom stereocenters. The van der Waals surface area contributed by atoms with Crippen LogP contribution in [0.15, 0.2) is 30.3 Å². The quantitative estimate of drug-likeness (QED) is 0.872. The van der Waals surface area contributed by atoms with Crippen molar-refractivity contribution < 1.29 is 0 Å². The molecular weight excluding hydrogens is 254 g/mol. The number of aromatic nitrogens is 1.